The van der Waals surface area contributed by atoms with Gasteiger partial charge in [0.25, 0.3) is 0 Å². The molecular formula is C28H33F3N2O5. The molecule has 206 valence electrons. The Labute approximate surface area is 219 Å². The number of alkyl halides is 3. The van der Waals surface area contributed by atoms with Crippen LogP contribution in [0, 0.1) is 5.92 Å². The highest BCUT2D eigenvalue weighted by Gasteiger charge is 2.26. The van der Waals surface area contributed by atoms with Crippen molar-refractivity contribution in [1.82, 2.24) is 0 Å². The minimum absolute atomic E-state index is 0.0403. The monoisotopic (exact) mass is 534 g/mol. The van der Waals surface area contributed by atoms with Gasteiger partial charge in [-0.05, 0) is 86.1 Å². The molecule has 1 aliphatic carbocycles. The van der Waals surface area contributed by atoms with Gasteiger partial charge in [0.05, 0.1) is 18.8 Å². The number of hydrogen-bond acceptors (Lipinski definition) is 7. The molecule has 0 aliphatic heterocycles. The number of esters is 2. The van der Waals surface area contributed by atoms with Crippen molar-refractivity contribution in [2.75, 3.05) is 13.2 Å². The molecule has 0 saturated heterocycles. The highest BCUT2D eigenvalue weighted by atomic mass is 19.4. The second-order valence-corrected chi connectivity index (χ2v) is 9.34. The molecule has 2 aromatic rings. The first-order chi connectivity index (χ1) is 18.1. The lowest BCUT2D eigenvalue weighted by Crippen LogP contribution is -2.42. The molecule has 3 rings (SSSR count). The topological polar surface area (TPSA) is 114 Å². The third-order valence-corrected chi connectivity index (χ3v) is 6.29. The number of carbonyl (C=O) groups excluding carboxylic acids is 2. The zero-order valence-electron chi connectivity index (χ0n) is 21.0. The number of hydrogen-bond donors (Lipinski definition) is 2. The van der Waals surface area contributed by atoms with Crippen molar-refractivity contribution in [3.05, 3.63) is 65.7 Å². The number of carbonyl (C=O) groups is 2. The quantitative estimate of drug-likeness (QED) is 0.180. The fourth-order valence-electron chi connectivity index (χ4n) is 4.15. The van der Waals surface area contributed by atoms with Crippen LogP contribution in [-0.4, -0.2) is 43.4 Å². The number of halogens is 3. The second kappa shape index (κ2) is 14.0. The third-order valence-electron chi connectivity index (χ3n) is 6.29. The van der Waals surface area contributed by atoms with Crippen molar-refractivity contribution in [3.63, 3.8) is 0 Å². The molecule has 0 radical (unpaired) electrons. The van der Waals surface area contributed by atoms with Gasteiger partial charge in [0.15, 0.2) is 0 Å². The van der Waals surface area contributed by atoms with Gasteiger partial charge in [-0.3, -0.25) is 0 Å². The highest BCUT2D eigenvalue weighted by molar-refractivity contribution is 5.91. The smallest absolute Gasteiger partial charge is 0.389 e. The van der Waals surface area contributed by atoms with Crippen molar-refractivity contribution < 1.29 is 37.0 Å². The fourth-order valence-corrected chi connectivity index (χ4v) is 4.15. The Morgan fingerprint density at radius 2 is 1.63 bits per heavy atom. The molecule has 3 atom stereocenters. The van der Waals surface area contributed by atoms with Gasteiger partial charge in [0, 0.05) is 24.6 Å². The summed E-state index contributed by atoms with van der Waals surface area (Å²) < 4.78 is 52.4. The van der Waals surface area contributed by atoms with Crippen molar-refractivity contribution in [2.45, 2.75) is 56.8 Å². The minimum Gasteiger partial charge on any atom is -0.494 e. The third kappa shape index (κ3) is 10.2. The summed E-state index contributed by atoms with van der Waals surface area (Å²) in [7, 11) is 0. The zero-order valence-corrected chi connectivity index (χ0v) is 21.0. The maximum Gasteiger partial charge on any atom is 0.389 e. The molecule has 3 unspecified atom stereocenters. The van der Waals surface area contributed by atoms with Crippen molar-refractivity contribution >= 4 is 18.0 Å². The zero-order chi connectivity index (χ0) is 27.5. The van der Waals surface area contributed by atoms with Gasteiger partial charge in [0.2, 0.25) is 0 Å². The molecule has 2 aromatic carbocycles. The lowest BCUT2D eigenvalue weighted by atomic mass is 9.81. The number of ether oxygens (including phenoxy) is 3. The van der Waals surface area contributed by atoms with E-state index in [0.29, 0.717) is 30.4 Å². The van der Waals surface area contributed by atoms with Crippen LogP contribution in [0.3, 0.4) is 0 Å². The predicted molar refractivity (Wildman–Crippen MR) is 137 cm³/mol. The molecule has 0 amide bonds. The van der Waals surface area contributed by atoms with Crippen molar-refractivity contribution in [2.24, 2.45) is 17.4 Å². The molecule has 1 fully saturated rings. The Kier molecular flexibility index (Phi) is 10.7. The largest absolute Gasteiger partial charge is 0.494 e. The van der Waals surface area contributed by atoms with Gasteiger partial charge in [-0.1, -0.05) is 12.1 Å². The molecule has 7 nitrogen and oxygen atoms in total. The summed E-state index contributed by atoms with van der Waals surface area (Å²) in [5.74, 6) is -0.0642. The molecule has 0 spiro atoms. The van der Waals surface area contributed by atoms with E-state index in [1.807, 2.05) is 0 Å². The molecule has 38 heavy (non-hydrogen) atoms. The van der Waals surface area contributed by atoms with Gasteiger partial charge in [-0.2, -0.15) is 13.2 Å². The van der Waals surface area contributed by atoms with Crippen LogP contribution in [-0.2, 0) is 9.53 Å². The van der Waals surface area contributed by atoms with Crippen LogP contribution < -0.4 is 20.9 Å². The van der Waals surface area contributed by atoms with E-state index >= 15 is 0 Å². The first-order valence-electron chi connectivity index (χ1n) is 12.6. The first kappa shape index (κ1) is 29.2. The van der Waals surface area contributed by atoms with Crippen molar-refractivity contribution in [3.8, 4) is 11.5 Å². The van der Waals surface area contributed by atoms with E-state index in [-0.39, 0.29) is 30.7 Å². The molecule has 1 saturated carbocycles. The van der Waals surface area contributed by atoms with Crippen LogP contribution in [0.25, 0.3) is 6.08 Å². The van der Waals surface area contributed by atoms with Crippen LogP contribution in [0.4, 0.5) is 13.2 Å². The Bertz CT molecular complexity index is 1070. The van der Waals surface area contributed by atoms with E-state index in [9.17, 15) is 22.8 Å². The summed E-state index contributed by atoms with van der Waals surface area (Å²) in [6.45, 7) is 0.226. The lowest BCUT2D eigenvalue weighted by Gasteiger charge is -2.32. The van der Waals surface area contributed by atoms with Crippen LogP contribution in [0.5, 0.6) is 11.5 Å². The summed E-state index contributed by atoms with van der Waals surface area (Å²) in [6, 6.07) is 12.7. The lowest BCUT2D eigenvalue weighted by molar-refractivity contribution is -0.138. The van der Waals surface area contributed by atoms with E-state index < -0.39 is 24.5 Å². The average molecular weight is 535 g/mol. The Hall–Kier alpha value is -3.37. The molecule has 0 bridgehead atoms. The standard InChI is InChI=1S/C28H33F3N2O5/c29-28(30,31)15-1-16-36-23-11-6-21(7-12-23)27(35)38-24-9-2-19(3-10-24)4-13-26(34)37-17-14-20-5-8-22(32)18-25(20)33/h2-4,6-7,9-13,20,22,25H,1,5,8,14-18,32-33H2/b13-4+. The summed E-state index contributed by atoms with van der Waals surface area (Å²) in [5.41, 5.74) is 13.0. The van der Waals surface area contributed by atoms with Gasteiger partial charge < -0.3 is 25.7 Å². The molecule has 0 heterocycles. The Morgan fingerprint density at radius 1 is 0.947 bits per heavy atom. The van der Waals surface area contributed by atoms with E-state index in [1.54, 1.807) is 30.3 Å². The fraction of sp³-hybridized carbons (Fsp3) is 0.429. The second-order valence-electron chi connectivity index (χ2n) is 9.34. The van der Waals surface area contributed by atoms with Gasteiger partial charge >= 0.3 is 18.1 Å². The van der Waals surface area contributed by atoms with Gasteiger partial charge in [-0.25, -0.2) is 9.59 Å². The normalized spacial score (nSPS) is 19.8. The van der Waals surface area contributed by atoms with Crippen LogP contribution in [0.1, 0.15) is 54.4 Å². The molecular weight excluding hydrogens is 501 g/mol. The van der Waals surface area contributed by atoms with E-state index in [2.05, 4.69) is 0 Å². The van der Waals surface area contributed by atoms with Gasteiger partial charge in [0.1, 0.15) is 11.5 Å². The van der Waals surface area contributed by atoms with Crippen molar-refractivity contribution in [1.29, 1.82) is 0 Å². The summed E-state index contributed by atoms with van der Waals surface area (Å²) in [5, 5.41) is 0. The van der Waals surface area contributed by atoms with E-state index in [4.69, 9.17) is 25.7 Å². The van der Waals surface area contributed by atoms with E-state index in [0.717, 1.165) is 24.8 Å². The number of nitrogens with two attached hydrogens (primary N) is 2. The number of benzene rings is 2. The molecule has 10 heteroatoms. The summed E-state index contributed by atoms with van der Waals surface area (Å²) >= 11 is 0. The predicted octanol–water partition coefficient (Wildman–Crippen LogP) is 5.03. The van der Waals surface area contributed by atoms with E-state index in [1.165, 1.54) is 30.3 Å². The highest BCUT2D eigenvalue weighted by Crippen LogP contribution is 2.25. The first-order valence-corrected chi connectivity index (χ1v) is 12.6. The van der Waals surface area contributed by atoms with Crippen LogP contribution >= 0.6 is 0 Å². The molecule has 4 N–H and O–H groups in total. The molecule has 1 aliphatic rings. The summed E-state index contributed by atoms with van der Waals surface area (Å²) in [6.07, 6.45) is 1.06. The van der Waals surface area contributed by atoms with Gasteiger partial charge in [-0.15, -0.1) is 0 Å². The maximum atomic E-state index is 12.4. The maximum absolute atomic E-state index is 12.4. The average Bonchev–Trinajstić information content (AvgIpc) is 2.87. The van der Waals surface area contributed by atoms with Crippen LogP contribution in [0.2, 0.25) is 0 Å². The Morgan fingerprint density at radius 3 is 2.29 bits per heavy atom. The van der Waals surface area contributed by atoms with Crippen LogP contribution in [0.15, 0.2) is 54.6 Å². The minimum atomic E-state index is -4.21. The molecule has 0 aromatic heterocycles. The Balaban J connectivity index is 1.39. The number of rotatable bonds is 11. The SMILES string of the molecule is NC1CCC(CCOC(=O)/C=C/c2ccc(OC(=O)c3ccc(OCCCC(F)(F)F)cc3)cc2)C(N)C1. The summed E-state index contributed by atoms with van der Waals surface area (Å²) in [4.78, 5) is 24.4.